The second kappa shape index (κ2) is 5.00. The van der Waals surface area contributed by atoms with Crippen LogP contribution in [0.2, 0.25) is 0 Å². The normalized spacial score (nSPS) is 12.3. The van der Waals surface area contributed by atoms with Crippen LogP contribution in [-0.2, 0) is 4.79 Å². The lowest BCUT2D eigenvalue weighted by atomic mass is 10.1. The number of hydrogen-bond donors (Lipinski definition) is 1. The summed E-state index contributed by atoms with van der Waals surface area (Å²) >= 11 is 0. The topological polar surface area (TPSA) is 55.1 Å². The SMILES string of the molecule is Cc1cn(C(C(=O)O)C(C)C)cn1.Cl. The van der Waals surface area contributed by atoms with Crippen molar-refractivity contribution in [3.8, 4) is 0 Å². The fourth-order valence-corrected chi connectivity index (χ4v) is 1.35. The van der Waals surface area contributed by atoms with E-state index in [4.69, 9.17) is 5.11 Å². The Balaban J connectivity index is 0.00000169. The maximum atomic E-state index is 10.9. The van der Waals surface area contributed by atoms with Crippen LogP contribution < -0.4 is 0 Å². The van der Waals surface area contributed by atoms with Crippen LogP contribution in [0, 0.1) is 12.8 Å². The predicted molar refractivity (Wildman–Crippen MR) is 55.7 cm³/mol. The standard InChI is InChI=1S/C9H14N2O2.ClH/c1-6(2)8(9(12)13)11-4-7(3)10-5-11;/h4-6,8H,1-3H3,(H,12,13);1H. The molecule has 0 aliphatic carbocycles. The molecule has 1 aromatic heterocycles. The molecule has 0 fully saturated rings. The molecule has 80 valence electrons. The van der Waals surface area contributed by atoms with E-state index in [0.717, 1.165) is 5.69 Å². The van der Waals surface area contributed by atoms with Gasteiger partial charge in [-0.25, -0.2) is 9.78 Å². The van der Waals surface area contributed by atoms with Crippen LogP contribution in [0.25, 0.3) is 0 Å². The van der Waals surface area contributed by atoms with E-state index in [1.54, 1.807) is 17.1 Å². The van der Waals surface area contributed by atoms with E-state index in [1.165, 1.54) is 0 Å². The van der Waals surface area contributed by atoms with E-state index in [1.807, 2.05) is 20.8 Å². The van der Waals surface area contributed by atoms with Crippen molar-refractivity contribution < 1.29 is 9.90 Å². The van der Waals surface area contributed by atoms with Crippen molar-refractivity contribution in [2.45, 2.75) is 26.8 Å². The minimum Gasteiger partial charge on any atom is -0.480 e. The zero-order chi connectivity index (χ0) is 10.0. The fourth-order valence-electron chi connectivity index (χ4n) is 1.35. The number of carbonyl (C=O) groups is 1. The molecule has 0 aliphatic rings. The second-order valence-electron chi connectivity index (χ2n) is 3.49. The smallest absolute Gasteiger partial charge is 0.326 e. The van der Waals surface area contributed by atoms with E-state index in [2.05, 4.69) is 4.98 Å². The Morgan fingerprint density at radius 2 is 2.14 bits per heavy atom. The van der Waals surface area contributed by atoms with Crippen molar-refractivity contribution in [3.63, 3.8) is 0 Å². The van der Waals surface area contributed by atoms with Crippen molar-refractivity contribution in [1.82, 2.24) is 9.55 Å². The number of aromatic nitrogens is 2. The third-order valence-corrected chi connectivity index (χ3v) is 1.94. The molecule has 1 heterocycles. The molecular formula is C9H15ClN2O2. The molecule has 14 heavy (non-hydrogen) atoms. The summed E-state index contributed by atoms with van der Waals surface area (Å²) in [7, 11) is 0. The minimum absolute atomic E-state index is 0. The first kappa shape index (κ1) is 13.0. The van der Waals surface area contributed by atoms with Crippen molar-refractivity contribution in [2.75, 3.05) is 0 Å². The molecule has 0 saturated carbocycles. The molecule has 1 aromatic rings. The van der Waals surface area contributed by atoms with E-state index in [0.29, 0.717) is 0 Å². The number of carboxylic acids is 1. The van der Waals surface area contributed by atoms with Gasteiger partial charge in [-0.05, 0) is 12.8 Å². The van der Waals surface area contributed by atoms with Crippen LogP contribution in [0.1, 0.15) is 25.6 Å². The lowest BCUT2D eigenvalue weighted by molar-refractivity contribution is -0.142. The van der Waals surface area contributed by atoms with Gasteiger partial charge in [-0.3, -0.25) is 0 Å². The number of carboxylic acid groups (broad SMARTS) is 1. The maximum absolute atomic E-state index is 10.9. The number of aliphatic carboxylic acids is 1. The van der Waals surface area contributed by atoms with Crippen LogP contribution in [-0.4, -0.2) is 20.6 Å². The monoisotopic (exact) mass is 218 g/mol. The maximum Gasteiger partial charge on any atom is 0.326 e. The highest BCUT2D eigenvalue weighted by Crippen LogP contribution is 2.17. The molecule has 0 aliphatic heterocycles. The minimum atomic E-state index is -0.813. The highest BCUT2D eigenvalue weighted by Gasteiger charge is 2.22. The summed E-state index contributed by atoms with van der Waals surface area (Å²) < 4.78 is 1.64. The third kappa shape index (κ3) is 2.73. The van der Waals surface area contributed by atoms with E-state index >= 15 is 0 Å². The van der Waals surface area contributed by atoms with Gasteiger partial charge >= 0.3 is 5.97 Å². The Kier molecular flexibility index (Phi) is 4.63. The van der Waals surface area contributed by atoms with Gasteiger partial charge in [0.15, 0.2) is 0 Å². The predicted octanol–water partition coefficient (Wildman–Crippen LogP) is 1.90. The summed E-state index contributed by atoms with van der Waals surface area (Å²) in [6.07, 6.45) is 3.31. The van der Waals surface area contributed by atoms with Gasteiger partial charge in [-0.1, -0.05) is 13.8 Å². The van der Waals surface area contributed by atoms with Crippen LogP contribution in [0.3, 0.4) is 0 Å². The van der Waals surface area contributed by atoms with Gasteiger partial charge in [0.05, 0.1) is 12.0 Å². The van der Waals surface area contributed by atoms with Crippen LogP contribution in [0.4, 0.5) is 0 Å². The lowest BCUT2D eigenvalue weighted by Gasteiger charge is -2.16. The second-order valence-corrected chi connectivity index (χ2v) is 3.49. The highest BCUT2D eigenvalue weighted by atomic mass is 35.5. The highest BCUT2D eigenvalue weighted by molar-refractivity contribution is 5.85. The average Bonchev–Trinajstić information content (AvgIpc) is 2.34. The van der Waals surface area contributed by atoms with Gasteiger partial charge in [0.1, 0.15) is 6.04 Å². The quantitative estimate of drug-likeness (QED) is 0.843. The number of nitrogens with zero attached hydrogens (tertiary/aromatic N) is 2. The van der Waals surface area contributed by atoms with Crippen molar-refractivity contribution in [3.05, 3.63) is 18.2 Å². The zero-order valence-electron chi connectivity index (χ0n) is 8.47. The Bertz CT molecular complexity index is 310. The first-order valence-electron chi connectivity index (χ1n) is 4.25. The number of halogens is 1. The zero-order valence-corrected chi connectivity index (χ0v) is 9.28. The number of hydrogen-bond acceptors (Lipinski definition) is 2. The van der Waals surface area contributed by atoms with E-state index in [9.17, 15) is 4.79 Å². The Labute approximate surface area is 89.4 Å². The molecular weight excluding hydrogens is 204 g/mol. The van der Waals surface area contributed by atoms with Gasteiger partial charge < -0.3 is 9.67 Å². The van der Waals surface area contributed by atoms with E-state index < -0.39 is 12.0 Å². The Hall–Kier alpha value is -1.03. The summed E-state index contributed by atoms with van der Waals surface area (Å²) in [4.78, 5) is 14.9. The van der Waals surface area contributed by atoms with Crippen LogP contribution in [0.5, 0.6) is 0 Å². The average molecular weight is 219 g/mol. The van der Waals surface area contributed by atoms with Gasteiger partial charge in [0, 0.05) is 6.20 Å². The van der Waals surface area contributed by atoms with Gasteiger partial charge in [-0.15, -0.1) is 12.4 Å². The molecule has 4 nitrogen and oxygen atoms in total. The summed E-state index contributed by atoms with van der Waals surface area (Å²) in [5, 5.41) is 8.96. The van der Waals surface area contributed by atoms with Crippen molar-refractivity contribution in [1.29, 1.82) is 0 Å². The van der Waals surface area contributed by atoms with Crippen LogP contribution >= 0.6 is 12.4 Å². The number of imidazole rings is 1. The number of rotatable bonds is 3. The largest absolute Gasteiger partial charge is 0.480 e. The summed E-state index contributed by atoms with van der Waals surface area (Å²) in [6.45, 7) is 5.61. The Morgan fingerprint density at radius 3 is 2.43 bits per heavy atom. The van der Waals surface area contributed by atoms with Gasteiger partial charge in [0.2, 0.25) is 0 Å². The molecule has 5 heteroatoms. The van der Waals surface area contributed by atoms with Gasteiger partial charge in [-0.2, -0.15) is 0 Å². The first-order valence-corrected chi connectivity index (χ1v) is 4.25. The lowest BCUT2D eigenvalue weighted by Crippen LogP contribution is -2.22. The van der Waals surface area contributed by atoms with Gasteiger partial charge in [0.25, 0.3) is 0 Å². The molecule has 1 unspecified atom stereocenters. The summed E-state index contributed by atoms with van der Waals surface area (Å²) in [5.74, 6) is -0.751. The van der Waals surface area contributed by atoms with E-state index in [-0.39, 0.29) is 18.3 Å². The molecule has 1 N–H and O–H groups in total. The molecule has 0 saturated heterocycles. The summed E-state index contributed by atoms with van der Waals surface area (Å²) in [5.41, 5.74) is 0.840. The third-order valence-electron chi connectivity index (χ3n) is 1.94. The fraction of sp³-hybridized carbons (Fsp3) is 0.556. The molecule has 0 aromatic carbocycles. The molecule has 1 rings (SSSR count). The first-order chi connectivity index (χ1) is 6.02. The number of aryl methyl sites for hydroxylation is 1. The molecule has 0 spiro atoms. The summed E-state index contributed by atoms with van der Waals surface area (Å²) in [6, 6.07) is -0.513. The molecule has 1 atom stereocenters. The van der Waals surface area contributed by atoms with Crippen LogP contribution in [0.15, 0.2) is 12.5 Å². The molecule has 0 amide bonds. The Morgan fingerprint density at radius 1 is 1.57 bits per heavy atom. The molecule has 0 radical (unpaired) electrons. The van der Waals surface area contributed by atoms with Crippen molar-refractivity contribution in [2.24, 2.45) is 5.92 Å². The molecule has 0 bridgehead atoms. The van der Waals surface area contributed by atoms with Crippen molar-refractivity contribution >= 4 is 18.4 Å².